The van der Waals surface area contributed by atoms with Gasteiger partial charge in [0.1, 0.15) is 16.9 Å². The van der Waals surface area contributed by atoms with Gasteiger partial charge in [0.25, 0.3) is 0 Å². The molecule has 0 aliphatic heterocycles. The lowest BCUT2D eigenvalue weighted by molar-refractivity contribution is -0.146. The Kier molecular flexibility index (Phi) is 7.04. The maximum Gasteiger partial charge on any atom is 0.239 e. The molecule has 0 fully saturated rings. The third kappa shape index (κ3) is 4.82. The van der Waals surface area contributed by atoms with Crippen molar-refractivity contribution in [2.24, 2.45) is 5.41 Å². The molecule has 0 atom stereocenters. The van der Waals surface area contributed by atoms with Crippen molar-refractivity contribution in [2.45, 2.75) is 27.3 Å². The van der Waals surface area contributed by atoms with E-state index in [0.717, 1.165) is 5.56 Å². The van der Waals surface area contributed by atoms with Crippen LogP contribution in [0.15, 0.2) is 48.5 Å². The molecule has 1 N–H and O–H groups in total. The fraction of sp³-hybridized carbons (Fsp3) is 0.364. The number of anilines is 1. The second-order valence-electron chi connectivity index (χ2n) is 6.95. The highest BCUT2D eigenvalue weighted by Crippen LogP contribution is 2.31. The number of nitrogens with zero attached hydrogens (tertiary/aromatic N) is 1. The molecule has 0 saturated carbocycles. The van der Waals surface area contributed by atoms with E-state index in [4.69, 9.17) is 9.47 Å². The predicted octanol–water partition coefficient (Wildman–Crippen LogP) is 3.72. The SMILES string of the molecule is CCN(Cc1ccccc1)C(=O)C(C)(C)C(=O)Nc1ccc(OC)cc1OC. The number of hydrogen-bond donors (Lipinski definition) is 1. The minimum atomic E-state index is -1.24. The Labute approximate surface area is 166 Å². The smallest absolute Gasteiger partial charge is 0.239 e. The number of methoxy groups -OCH3 is 2. The molecule has 0 aliphatic carbocycles. The van der Waals surface area contributed by atoms with Gasteiger partial charge < -0.3 is 19.7 Å². The summed E-state index contributed by atoms with van der Waals surface area (Å²) in [5.41, 5.74) is 0.265. The van der Waals surface area contributed by atoms with Crippen molar-refractivity contribution in [2.75, 3.05) is 26.1 Å². The number of rotatable bonds is 8. The summed E-state index contributed by atoms with van der Waals surface area (Å²) < 4.78 is 10.5. The predicted molar refractivity (Wildman–Crippen MR) is 109 cm³/mol. The summed E-state index contributed by atoms with van der Waals surface area (Å²) in [5.74, 6) is 0.453. The van der Waals surface area contributed by atoms with E-state index in [1.165, 1.54) is 7.11 Å². The maximum atomic E-state index is 13.1. The first-order chi connectivity index (χ1) is 13.3. The Morgan fingerprint density at radius 1 is 1.04 bits per heavy atom. The highest BCUT2D eigenvalue weighted by atomic mass is 16.5. The molecule has 6 nitrogen and oxygen atoms in total. The van der Waals surface area contributed by atoms with Crippen LogP contribution in [0.5, 0.6) is 11.5 Å². The van der Waals surface area contributed by atoms with Gasteiger partial charge in [-0.25, -0.2) is 0 Å². The molecule has 0 unspecified atom stereocenters. The van der Waals surface area contributed by atoms with Crippen molar-refractivity contribution < 1.29 is 19.1 Å². The van der Waals surface area contributed by atoms with E-state index in [-0.39, 0.29) is 5.91 Å². The van der Waals surface area contributed by atoms with Gasteiger partial charge in [-0.3, -0.25) is 9.59 Å². The van der Waals surface area contributed by atoms with Gasteiger partial charge in [0.2, 0.25) is 11.8 Å². The Morgan fingerprint density at radius 3 is 2.29 bits per heavy atom. The van der Waals surface area contributed by atoms with Crippen LogP contribution < -0.4 is 14.8 Å². The van der Waals surface area contributed by atoms with Crippen LogP contribution in [0, 0.1) is 5.41 Å². The Bertz CT molecular complexity index is 819. The summed E-state index contributed by atoms with van der Waals surface area (Å²) in [5, 5.41) is 2.81. The summed E-state index contributed by atoms with van der Waals surface area (Å²) in [4.78, 5) is 27.7. The van der Waals surface area contributed by atoms with Gasteiger partial charge in [-0.2, -0.15) is 0 Å². The largest absolute Gasteiger partial charge is 0.497 e. The average Bonchev–Trinajstić information content (AvgIpc) is 2.72. The minimum absolute atomic E-state index is 0.233. The molecule has 2 amide bonds. The van der Waals surface area contributed by atoms with Gasteiger partial charge in [0.15, 0.2) is 0 Å². The number of amides is 2. The molecule has 0 saturated heterocycles. The lowest BCUT2D eigenvalue weighted by Crippen LogP contribution is -2.47. The molecule has 150 valence electrons. The van der Waals surface area contributed by atoms with Crippen molar-refractivity contribution in [3.05, 3.63) is 54.1 Å². The molecule has 2 aromatic carbocycles. The van der Waals surface area contributed by atoms with E-state index >= 15 is 0 Å². The van der Waals surface area contributed by atoms with Crippen LogP contribution in [0.1, 0.15) is 26.3 Å². The first kappa shape index (κ1) is 21.3. The van der Waals surface area contributed by atoms with Crippen LogP contribution in [-0.4, -0.2) is 37.5 Å². The van der Waals surface area contributed by atoms with Crippen molar-refractivity contribution in [3.63, 3.8) is 0 Å². The standard InChI is InChI=1S/C22H28N2O4/c1-6-24(15-16-10-8-7-9-11-16)21(26)22(2,3)20(25)23-18-13-12-17(27-4)14-19(18)28-5/h7-14H,6,15H2,1-5H3,(H,23,25). The van der Waals surface area contributed by atoms with Gasteiger partial charge in [-0.15, -0.1) is 0 Å². The zero-order valence-corrected chi connectivity index (χ0v) is 17.1. The molecule has 0 heterocycles. The molecule has 0 spiro atoms. The molecule has 2 rings (SSSR count). The summed E-state index contributed by atoms with van der Waals surface area (Å²) in [6.45, 7) is 6.14. The van der Waals surface area contributed by atoms with Crippen molar-refractivity contribution in [3.8, 4) is 11.5 Å². The van der Waals surface area contributed by atoms with Crippen molar-refractivity contribution in [1.29, 1.82) is 0 Å². The fourth-order valence-corrected chi connectivity index (χ4v) is 2.80. The first-order valence-corrected chi connectivity index (χ1v) is 9.20. The zero-order valence-electron chi connectivity index (χ0n) is 17.1. The van der Waals surface area contributed by atoms with Crippen LogP contribution in [-0.2, 0) is 16.1 Å². The number of nitrogens with one attached hydrogen (secondary N) is 1. The van der Waals surface area contributed by atoms with E-state index in [1.54, 1.807) is 44.1 Å². The monoisotopic (exact) mass is 384 g/mol. The van der Waals surface area contributed by atoms with E-state index in [9.17, 15) is 9.59 Å². The quantitative estimate of drug-likeness (QED) is 0.705. The normalized spacial score (nSPS) is 10.9. The molecular formula is C22H28N2O4. The number of hydrogen-bond acceptors (Lipinski definition) is 4. The molecule has 0 aliphatic rings. The van der Waals surface area contributed by atoms with Crippen LogP contribution in [0.2, 0.25) is 0 Å². The second-order valence-corrected chi connectivity index (χ2v) is 6.95. The highest BCUT2D eigenvalue weighted by molar-refractivity contribution is 6.10. The van der Waals surface area contributed by atoms with Gasteiger partial charge in [0, 0.05) is 19.2 Å². The topological polar surface area (TPSA) is 67.9 Å². The molecule has 2 aromatic rings. The zero-order chi connectivity index (χ0) is 20.7. The van der Waals surface area contributed by atoms with Gasteiger partial charge in [-0.05, 0) is 38.5 Å². The summed E-state index contributed by atoms with van der Waals surface area (Å²) in [6, 6.07) is 14.8. The van der Waals surface area contributed by atoms with Gasteiger partial charge in [0.05, 0.1) is 19.9 Å². The first-order valence-electron chi connectivity index (χ1n) is 9.20. The summed E-state index contributed by atoms with van der Waals surface area (Å²) in [6.07, 6.45) is 0. The van der Waals surface area contributed by atoms with E-state index in [1.807, 2.05) is 37.3 Å². The minimum Gasteiger partial charge on any atom is -0.497 e. The lowest BCUT2D eigenvalue weighted by atomic mass is 9.89. The maximum absolute atomic E-state index is 13.1. The van der Waals surface area contributed by atoms with E-state index < -0.39 is 11.3 Å². The van der Waals surface area contributed by atoms with Crippen LogP contribution >= 0.6 is 0 Å². The van der Waals surface area contributed by atoms with E-state index in [0.29, 0.717) is 30.3 Å². The van der Waals surface area contributed by atoms with Crippen LogP contribution in [0.25, 0.3) is 0 Å². The summed E-state index contributed by atoms with van der Waals surface area (Å²) >= 11 is 0. The van der Waals surface area contributed by atoms with Gasteiger partial charge >= 0.3 is 0 Å². The number of carbonyl (C=O) groups is 2. The van der Waals surface area contributed by atoms with E-state index in [2.05, 4.69) is 5.32 Å². The summed E-state index contributed by atoms with van der Waals surface area (Å²) in [7, 11) is 3.07. The molecule has 6 heteroatoms. The molecule has 0 aromatic heterocycles. The second kappa shape index (κ2) is 9.26. The lowest BCUT2D eigenvalue weighted by Gasteiger charge is -2.30. The average molecular weight is 384 g/mol. The van der Waals surface area contributed by atoms with Gasteiger partial charge in [-0.1, -0.05) is 30.3 Å². The Hall–Kier alpha value is -3.02. The third-order valence-electron chi connectivity index (χ3n) is 4.64. The Balaban J connectivity index is 2.17. The molecular weight excluding hydrogens is 356 g/mol. The molecule has 0 radical (unpaired) electrons. The van der Waals surface area contributed by atoms with Crippen molar-refractivity contribution in [1.82, 2.24) is 4.90 Å². The van der Waals surface area contributed by atoms with Crippen LogP contribution in [0.3, 0.4) is 0 Å². The van der Waals surface area contributed by atoms with Crippen LogP contribution in [0.4, 0.5) is 5.69 Å². The van der Waals surface area contributed by atoms with Crippen molar-refractivity contribution >= 4 is 17.5 Å². The third-order valence-corrected chi connectivity index (χ3v) is 4.64. The highest BCUT2D eigenvalue weighted by Gasteiger charge is 2.39. The fourth-order valence-electron chi connectivity index (χ4n) is 2.80. The number of benzene rings is 2. The molecule has 28 heavy (non-hydrogen) atoms. The Morgan fingerprint density at radius 2 is 1.71 bits per heavy atom. The molecule has 0 bridgehead atoms. The number of carbonyl (C=O) groups excluding carboxylic acids is 2. The number of ether oxygens (including phenoxy) is 2.